The van der Waals surface area contributed by atoms with E-state index in [1.54, 1.807) is 0 Å². The van der Waals surface area contributed by atoms with Gasteiger partial charge in [-0.15, -0.1) is 0 Å². The first-order chi connectivity index (χ1) is 8.58. The summed E-state index contributed by atoms with van der Waals surface area (Å²) in [5.41, 5.74) is 0. The Morgan fingerprint density at radius 2 is 0.722 bits per heavy atom. The Labute approximate surface area is 137 Å². The first-order valence-corrected chi connectivity index (χ1v) is 8.07. The second kappa shape index (κ2) is 4.81. The van der Waals surface area contributed by atoms with Gasteiger partial charge >= 0.3 is 0 Å². The number of rotatable bonds is 0. The van der Waals surface area contributed by atoms with E-state index in [0.717, 1.165) is 17.9 Å². The van der Waals surface area contributed by atoms with E-state index >= 15 is 0 Å². The topological polar surface area (TPSA) is 18.5 Å². The van der Waals surface area contributed by atoms with Gasteiger partial charge in [-0.05, 0) is 88.0 Å². The van der Waals surface area contributed by atoms with Gasteiger partial charge in [-0.1, -0.05) is 0 Å². The molecule has 1 heterocycles. The number of benzene rings is 2. The molecule has 2 aromatic rings. The lowest BCUT2D eigenvalue weighted by Gasteiger charge is -2.24. The van der Waals surface area contributed by atoms with Crippen molar-refractivity contribution in [3.05, 3.63) is 42.2 Å². The van der Waals surface area contributed by atoms with E-state index in [2.05, 4.69) is 63.7 Å². The van der Waals surface area contributed by atoms with Gasteiger partial charge in [0.15, 0.2) is 23.0 Å². The first-order valence-electron chi connectivity index (χ1n) is 4.89. The molecule has 92 valence electrons. The van der Waals surface area contributed by atoms with Gasteiger partial charge in [0.2, 0.25) is 0 Å². The summed E-state index contributed by atoms with van der Waals surface area (Å²) >= 11 is 13.8. The second-order valence-corrected chi connectivity index (χ2v) is 7.00. The van der Waals surface area contributed by atoms with Crippen LogP contribution in [0.4, 0.5) is 0 Å². The van der Waals surface area contributed by atoms with Gasteiger partial charge in [-0.2, -0.15) is 0 Å². The molecule has 0 amide bonds. The van der Waals surface area contributed by atoms with Crippen molar-refractivity contribution < 1.29 is 9.47 Å². The first kappa shape index (κ1) is 13.0. The van der Waals surface area contributed by atoms with Crippen LogP contribution in [0.25, 0.3) is 0 Å². The molecule has 1 aliphatic heterocycles. The van der Waals surface area contributed by atoms with Gasteiger partial charge in [-0.25, -0.2) is 0 Å². The Kier molecular flexibility index (Phi) is 3.47. The van der Waals surface area contributed by atoms with Crippen molar-refractivity contribution in [3.63, 3.8) is 0 Å². The molecule has 0 saturated carbocycles. The number of fused-ring (bicyclic) bond motifs is 2. The highest BCUT2D eigenvalue weighted by atomic mass is 79.9. The maximum atomic E-state index is 5.92. The maximum Gasteiger partial charge on any atom is 0.185 e. The highest BCUT2D eigenvalue weighted by Crippen LogP contribution is 2.55. The number of halogens is 4. The van der Waals surface area contributed by atoms with E-state index in [4.69, 9.17) is 9.47 Å². The van der Waals surface area contributed by atoms with Crippen LogP contribution in [0.2, 0.25) is 0 Å². The molecule has 0 aliphatic carbocycles. The minimum Gasteiger partial charge on any atom is -0.447 e. The van der Waals surface area contributed by atoms with Crippen LogP contribution in [0, 0.1) is 0 Å². The Hall–Kier alpha value is -0.0400. The molecule has 18 heavy (non-hydrogen) atoms. The van der Waals surface area contributed by atoms with E-state index in [1.165, 1.54) is 0 Å². The zero-order valence-corrected chi connectivity index (χ0v) is 15.0. The third kappa shape index (κ3) is 2.03. The summed E-state index contributed by atoms with van der Waals surface area (Å²) in [4.78, 5) is 0. The van der Waals surface area contributed by atoms with Crippen LogP contribution in [0.15, 0.2) is 42.2 Å². The minimum atomic E-state index is 0.663. The van der Waals surface area contributed by atoms with Gasteiger partial charge in [0.25, 0.3) is 0 Å². The van der Waals surface area contributed by atoms with Gasteiger partial charge < -0.3 is 9.47 Å². The molecule has 0 atom stereocenters. The lowest BCUT2D eigenvalue weighted by atomic mass is 10.2. The highest BCUT2D eigenvalue weighted by Gasteiger charge is 2.26. The van der Waals surface area contributed by atoms with Crippen molar-refractivity contribution in [3.8, 4) is 23.0 Å². The molecule has 0 radical (unpaired) electrons. The number of ether oxygens (including phenoxy) is 2. The molecule has 2 nitrogen and oxygen atoms in total. The molecule has 0 fully saturated rings. The molecule has 0 unspecified atom stereocenters. The van der Waals surface area contributed by atoms with Crippen molar-refractivity contribution in [2.75, 3.05) is 0 Å². The predicted octanol–water partition coefficient (Wildman–Crippen LogP) is 6.63. The minimum absolute atomic E-state index is 0.663. The number of hydrogen-bond donors (Lipinski definition) is 0. The fraction of sp³-hybridized carbons (Fsp3) is 0. The van der Waals surface area contributed by atoms with Crippen molar-refractivity contribution in [1.82, 2.24) is 0 Å². The third-order valence-electron chi connectivity index (χ3n) is 2.44. The monoisotopic (exact) mass is 496 g/mol. The smallest absolute Gasteiger partial charge is 0.185 e. The predicted molar refractivity (Wildman–Crippen MR) is 83.8 cm³/mol. The summed E-state index contributed by atoms with van der Waals surface area (Å²) in [6, 6.07) is 7.62. The highest BCUT2D eigenvalue weighted by molar-refractivity contribution is 9.11. The Bertz CT molecular complexity index is 544. The quantitative estimate of drug-likeness (QED) is 0.345. The van der Waals surface area contributed by atoms with Crippen molar-refractivity contribution >= 4 is 63.7 Å². The summed E-state index contributed by atoms with van der Waals surface area (Å²) in [7, 11) is 0. The van der Waals surface area contributed by atoms with Crippen LogP contribution in [0.1, 0.15) is 0 Å². The fourth-order valence-electron chi connectivity index (χ4n) is 1.61. The van der Waals surface area contributed by atoms with Crippen LogP contribution in [0.5, 0.6) is 23.0 Å². The van der Waals surface area contributed by atoms with E-state index in [0.29, 0.717) is 23.0 Å². The maximum absolute atomic E-state index is 5.92. The summed E-state index contributed by atoms with van der Waals surface area (Å²) in [5, 5.41) is 0. The summed E-state index contributed by atoms with van der Waals surface area (Å²) in [6.07, 6.45) is 0. The molecule has 0 N–H and O–H groups in total. The normalized spacial score (nSPS) is 12.2. The van der Waals surface area contributed by atoms with Crippen molar-refractivity contribution in [2.45, 2.75) is 0 Å². The molecule has 3 rings (SSSR count). The summed E-state index contributed by atoms with van der Waals surface area (Å²) in [5.74, 6) is 2.65. The zero-order chi connectivity index (χ0) is 12.9. The molecule has 0 aromatic heterocycles. The van der Waals surface area contributed by atoms with Crippen LogP contribution in [-0.4, -0.2) is 0 Å². The molecule has 0 spiro atoms. The van der Waals surface area contributed by atoms with E-state index < -0.39 is 0 Å². The van der Waals surface area contributed by atoms with Gasteiger partial charge in [0.1, 0.15) is 0 Å². The van der Waals surface area contributed by atoms with Crippen LogP contribution >= 0.6 is 63.7 Å². The molecular weight excluding hydrogens is 496 g/mol. The van der Waals surface area contributed by atoms with Crippen LogP contribution < -0.4 is 9.47 Å². The molecule has 2 aromatic carbocycles. The molecule has 0 saturated heterocycles. The van der Waals surface area contributed by atoms with Crippen molar-refractivity contribution in [1.29, 1.82) is 0 Å². The van der Waals surface area contributed by atoms with Gasteiger partial charge in [0.05, 0.1) is 17.9 Å². The SMILES string of the molecule is Brc1ccc(Br)c2c1Oc1c(Br)ccc(Br)c1O2. The second-order valence-electron chi connectivity index (χ2n) is 3.58. The van der Waals surface area contributed by atoms with E-state index in [-0.39, 0.29) is 0 Å². The summed E-state index contributed by atoms with van der Waals surface area (Å²) in [6.45, 7) is 0. The molecule has 0 bridgehead atoms. The van der Waals surface area contributed by atoms with Gasteiger partial charge in [0, 0.05) is 0 Å². The molecular formula is C12H4Br4O2. The van der Waals surface area contributed by atoms with Gasteiger partial charge in [-0.3, -0.25) is 0 Å². The standard InChI is InChI=1S/C12H4Br4O2/c13-5-1-2-6(14)10-9(5)17-11-7(15)3-4-8(16)12(11)18-10/h1-4H. The molecule has 6 heteroatoms. The number of hydrogen-bond acceptors (Lipinski definition) is 2. The largest absolute Gasteiger partial charge is 0.447 e. The Morgan fingerprint density at radius 3 is 0.944 bits per heavy atom. The average Bonchev–Trinajstić information content (AvgIpc) is 2.37. The van der Waals surface area contributed by atoms with E-state index in [9.17, 15) is 0 Å². The lowest BCUT2D eigenvalue weighted by Crippen LogP contribution is -2.01. The molecule has 1 aliphatic rings. The van der Waals surface area contributed by atoms with Crippen LogP contribution in [-0.2, 0) is 0 Å². The van der Waals surface area contributed by atoms with E-state index in [1.807, 2.05) is 24.3 Å². The Balaban J connectivity index is 2.24. The average molecular weight is 500 g/mol. The van der Waals surface area contributed by atoms with Crippen LogP contribution in [0.3, 0.4) is 0 Å². The lowest BCUT2D eigenvalue weighted by molar-refractivity contribution is 0.352. The zero-order valence-electron chi connectivity index (χ0n) is 8.64. The third-order valence-corrected chi connectivity index (χ3v) is 4.94. The fourth-order valence-corrected chi connectivity index (χ4v) is 3.19. The summed E-state index contributed by atoms with van der Waals surface area (Å²) < 4.78 is 15.2. The Morgan fingerprint density at radius 1 is 0.500 bits per heavy atom. The van der Waals surface area contributed by atoms with Crippen molar-refractivity contribution in [2.24, 2.45) is 0 Å².